The fraction of sp³-hybridized carbons (Fsp3) is 0.950. The maximum Gasteiger partial charge on any atom is 0.305 e. The van der Waals surface area contributed by atoms with E-state index in [1.165, 1.54) is 70.6 Å². The Bertz CT molecular complexity index is 236. The molecule has 2 nitrogen and oxygen atoms in total. The van der Waals surface area contributed by atoms with E-state index in [9.17, 15) is 4.79 Å². The monoisotopic (exact) mass is 312 g/mol. The molecule has 22 heavy (non-hydrogen) atoms. The molecule has 0 saturated heterocycles. The van der Waals surface area contributed by atoms with Crippen molar-refractivity contribution in [2.45, 2.75) is 111 Å². The van der Waals surface area contributed by atoms with Crippen molar-refractivity contribution in [2.75, 3.05) is 6.61 Å². The summed E-state index contributed by atoms with van der Waals surface area (Å²) >= 11 is 0. The summed E-state index contributed by atoms with van der Waals surface area (Å²) in [6.45, 7) is 7.26. The molecule has 0 unspecified atom stereocenters. The second-order valence-electron chi connectivity index (χ2n) is 7.04. The lowest BCUT2D eigenvalue weighted by Crippen LogP contribution is -2.04. The predicted octanol–water partition coefficient (Wildman–Crippen LogP) is 6.67. The van der Waals surface area contributed by atoms with Gasteiger partial charge < -0.3 is 4.74 Å². The molecule has 0 amide bonds. The highest BCUT2D eigenvalue weighted by molar-refractivity contribution is 5.69. The van der Waals surface area contributed by atoms with E-state index in [0.29, 0.717) is 13.0 Å². The highest BCUT2D eigenvalue weighted by Crippen LogP contribution is 2.13. The first-order chi connectivity index (χ1) is 10.7. The Labute approximate surface area is 139 Å². The highest BCUT2D eigenvalue weighted by Gasteiger charge is 1.99. The van der Waals surface area contributed by atoms with Gasteiger partial charge in [-0.25, -0.2) is 0 Å². The van der Waals surface area contributed by atoms with Crippen LogP contribution in [0.25, 0.3) is 0 Å². The summed E-state index contributed by atoms with van der Waals surface area (Å²) in [6, 6.07) is 0. The minimum Gasteiger partial charge on any atom is -0.466 e. The van der Waals surface area contributed by atoms with Gasteiger partial charge in [-0.3, -0.25) is 4.79 Å². The number of carbonyl (C=O) groups is 1. The van der Waals surface area contributed by atoms with E-state index in [0.717, 1.165) is 18.8 Å². The van der Waals surface area contributed by atoms with Crippen LogP contribution in [0.4, 0.5) is 0 Å². The van der Waals surface area contributed by atoms with E-state index < -0.39 is 0 Å². The van der Waals surface area contributed by atoms with E-state index in [4.69, 9.17) is 4.74 Å². The van der Waals surface area contributed by atoms with Crippen molar-refractivity contribution in [3.8, 4) is 0 Å². The number of rotatable bonds is 16. The molecule has 0 spiro atoms. The Morgan fingerprint density at radius 2 is 1.23 bits per heavy atom. The van der Waals surface area contributed by atoms with Gasteiger partial charge >= 0.3 is 5.97 Å². The van der Waals surface area contributed by atoms with E-state index >= 15 is 0 Å². The maximum atomic E-state index is 11.2. The van der Waals surface area contributed by atoms with Gasteiger partial charge in [-0.1, -0.05) is 91.4 Å². The van der Waals surface area contributed by atoms with Crippen molar-refractivity contribution in [1.29, 1.82) is 0 Å². The third kappa shape index (κ3) is 17.5. The molecule has 0 atom stereocenters. The lowest BCUT2D eigenvalue weighted by atomic mass is 10.0. The van der Waals surface area contributed by atoms with Crippen molar-refractivity contribution in [1.82, 2.24) is 0 Å². The molecule has 0 aliphatic carbocycles. The molecule has 0 fully saturated rings. The second kappa shape index (κ2) is 16.8. The molecule has 0 N–H and O–H groups in total. The number of carbonyl (C=O) groups excluding carboxylic acids is 1. The fourth-order valence-electron chi connectivity index (χ4n) is 2.71. The van der Waals surface area contributed by atoms with Gasteiger partial charge in [-0.05, 0) is 18.8 Å². The van der Waals surface area contributed by atoms with E-state index in [2.05, 4.69) is 13.8 Å². The normalized spacial score (nSPS) is 11.1. The third-order valence-corrected chi connectivity index (χ3v) is 4.14. The summed E-state index contributed by atoms with van der Waals surface area (Å²) in [5, 5.41) is 0. The molecule has 0 aromatic carbocycles. The predicted molar refractivity (Wildman–Crippen MR) is 96.1 cm³/mol. The zero-order chi connectivity index (χ0) is 16.5. The van der Waals surface area contributed by atoms with E-state index in [1.807, 2.05) is 6.92 Å². The summed E-state index contributed by atoms with van der Waals surface area (Å²) in [7, 11) is 0. The number of hydrogen-bond donors (Lipinski definition) is 0. The molecule has 0 aromatic heterocycles. The minimum atomic E-state index is -0.0316. The molecule has 0 saturated carbocycles. The third-order valence-electron chi connectivity index (χ3n) is 4.14. The van der Waals surface area contributed by atoms with Crippen molar-refractivity contribution in [3.05, 3.63) is 0 Å². The Morgan fingerprint density at radius 3 is 1.68 bits per heavy atom. The summed E-state index contributed by atoms with van der Waals surface area (Å²) < 4.78 is 5.15. The number of ether oxygens (including phenoxy) is 1. The van der Waals surface area contributed by atoms with Crippen molar-refractivity contribution in [3.63, 3.8) is 0 Å². The Hall–Kier alpha value is -0.530. The maximum absolute atomic E-state index is 11.2. The van der Waals surface area contributed by atoms with Crippen LogP contribution in [0.2, 0.25) is 0 Å². The molecule has 0 aliphatic heterocycles. The van der Waals surface area contributed by atoms with Crippen molar-refractivity contribution in [2.24, 2.45) is 5.92 Å². The standard InChI is InChI=1S/C20H40O2/c1-4-16-20(21)22-18-15-13-11-9-7-5-6-8-10-12-14-17-19(2)3/h19H,4-18H2,1-3H3. The van der Waals surface area contributed by atoms with Gasteiger partial charge in [-0.15, -0.1) is 0 Å². The van der Waals surface area contributed by atoms with Crippen LogP contribution in [0.15, 0.2) is 0 Å². The smallest absolute Gasteiger partial charge is 0.305 e. The van der Waals surface area contributed by atoms with E-state index in [-0.39, 0.29) is 5.97 Å². The fourth-order valence-corrected chi connectivity index (χ4v) is 2.71. The quantitative estimate of drug-likeness (QED) is 0.235. The first kappa shape index (κ1) is 21.5. The lowest BCUT2D eigenvalue weighted by Gasteiger charge is -2.05. The molecule has 0 rings (SSSR count). The molecule has 132 valence electrons. The van der Waals surface area contributed by atoms with Gasteiger partial charge in [0, 0.05) is 6.42 Å². The molecule has 0 aromatic rings. The van der Waals surface area contributed by atoms with Crippen LogP contribution in [0, 0.1) is 5.92 Å². The Balaban J connectivity index is 3.04. The minimum absolute atomic E-state index is 0.0316. The van der Waals surface area contributed by atoms with Crippen LogP contribution < -0.4 is 0 Å². The van der Waals surface area contributed by atoms with Crippen molar-refractivity contribution >= 4 is 5.97 Å². The van der Waals surface area contributed by atoms with Gasteiger partial charge in [0.05, 0.1) is 6.61 Å². The van der Waals surface area contributed by atoms with Crippen LogP contribution in [-0.4, -0.2) is 12.6 Å². The van der Waals surface area contributed by atoms with Gasteiger partial charge in [0.15, 0.2) is 0 Å². The van der Waals surface area contributed by atoms with Crippen LogP contribution in [0.1, 0.15) is 111 Å². The SMILES string of the molecule is CCCC(=O)OCCCCCCCCCCCCCC(C)C. The van der Waals surface area contributed by atoms with Crippen LogP contribution in [0.5, 0.6) is 0 Å². The van der Waals surface area contributed by atoms with Crippen LogP contribution >= 0.6 is 0 Å². The summed E-state index contributed by atoms with van der Waals surface area (Å²) in [6.07, 6.45) is 17.6. The Morgan fingerprint density at radius 1 is 0.773 bits per heavy atom. The summed E-state index contributed by atoms with van der Waals surface area (Å²) in [5.41, 5.74) is 0. The first-order valence-corrected chi connectivity index (χ1v) is 9.82. The molecule has 2 heteroatoms. The van der Waals surface area contributed by atoms with Crippen molar-refractivity contribution < 1.29 is 9.53 Å². The molecule has 0 bridgehead atoms. The number of unbranched alkanes of at least 4 members (excludes halogenated alkanes) is 10. The lowest BCUT2D eigenvalue weighted by molar-refractivity contribution is -0.143. The topological polar surface area (TPSA) is 26.3 Å². The van der Waals surface area contributed by atoms with Crippen LogP contribution in [0.3, 0.4) is 0 Å². The Kier molecular flexibility index (Phi) is 16.4. The summed E-state index contributed by atoms with van der Waals surface area (Å²) in [5.74, 6) is 0.839. The largest absolute Gasteiger partial charge is 0.466 e. The van der Waals surface area contributed by atoms with Gasteiger partial charge in [0.2, 0.25) is 0 Å². The zero-order valence-corrected chi connectivity index (χ0v) is 15.5. The average molecular weight is 313 g/mol. The van der Waals surface area contributed by atoms with Gasteiger partial charge in [0.1, 0.15) is 0 Å². The van der Waals surface area contributed by atoms with Gasteiger partial charge in [0.25, 0.3) is 0 Å². The highest BCUT2D eigenvalue weighted by atomic mass is 16.5. The molecule has 0 aliphatic rings. The zero-order valence-electron chi connectivity index (χ0n) is 15.5. The molecular formula is C20H40O2. The summed E-state index contributed by atoms with van der Waals surface area (Å²) in [4.78, 5) is 11.2. The molecule has 0 heterocycles. The molecular weight excluding hydrogens is 272 g/mol. The first-order valence-electron chi connectivity index (χ1n) is 9.82. The van der Waals surface area contributed by atoms with E-state index in [1.54, 1.807) is 0 Å². The van der Waals surface area contributed by atoms with Crippen LogP contribution in [-0.2, 0) is 9.53 Å². The number of hydrogen-bond acceptors (Lipinski definition) is 2. The number of esters is 1. The molecule has 0 radical (unpaired) electrons. The average Bonchev–Trinajstić information content (AvgIpc) is 2.47. The van der Waals surface area contributed by atoms with Gasteiger partial charge in [-0.2, -0.15) is 0 Å². The second-order valence-corrected chi connectivity index (χ2v) is 7.04.